The highest BCUT2D eigenvalue weighted by molar-refractivity contribution is 6.34. The van der Waals surface area contributed by atoms with E-state index < -0.39 is 18.2 Å². The number of alkyl halides is 2. The number of aryl methyl sites for hydroxylation is 2. The monoisotopic (exact) mass is 516 g/mol. The normalized spacial score (nSPS) is 12.6. The molecule has 0 aliphatic rings. The van der Waals surface area contributed by atoms with Crippen LogP contribution in [0.15, 0.2) is 48.5 Å². The van der Waals surface area contributed by atoms with E-state index in [0.29, 0.717) is 29.2 Å². The SMILES string of the molecule is CCc1cc(OCC(C)(Oc2ccccc2)C(=O)O)ccc1-c1nn(C)c(OC(F)F)c1Cl.Cl. The van der Waals surface area contributed by atoms with Crippen molar-refractivity contribution < 1.29 is 32.9 Å². The number of ether oxygens (including phenoxy) is 3. The van der Waals surface area contributed by atoms with Crippen molar-refractivity contribution in [1.82, 2.24) is 9.78 Å². The predicted octanol–water partition coefficient (Wildman–Crippen LogP) is 5.63. The second-order valence-electron chi connectivity index (χ2n) is 7.38. The molecule has 3 aromatic rings. The summed E-state index contributed by atoms with van der Waals surface area (Å²) in [5.41, 5.74) is 0.0623. The summed E-state index contributed by atoms with van der Waals surface area (Å²) in [7, 11) is 1.45. The molecule has 3 rings (SSSR count). The Hall–Kier alpha value is -3.04. The minimum Gasteiger partial charge on any atom is -0.489 e. The molecule has 11 heteroatoms. The van der Waals surface area contributed by atoms with E-state index in [0.717, 1.165) is 10.2 Å². The summed E-state index contributed by atoms with van der Waals surface area (Å²) in [6.07, 6.45) is 0.557. The number of carboxylic acids is 1. The van der Waals surface area contributed by atoms with Crippen molar-refractivity contribution in [1.29, 1.82) is 0 Å². The summed E-state index contributed by atoms with van der Waals surface area (Å²) in [6, 6.07) is 13.6. The van der Waals surface area contributed by atoms with Crippen molar-refractivity contribution in [2.45, 2.75) is 32.5 Å². The summed E-state index contributed by atoms with van der Waals surface area (Å²) in [5.74, 6) is -0.595. The number of carboxylic acid groups (broad SMARTS) is 1. The van der Waals surface area contributed by atoms with Gasteiger partial charge in [0.25, 0.3) is 0 Å². The average Bonchev–Trinajstić information content (AvgIpc) is 3.05. The molecule has 0 saturated heterocycles. The van der Waals surface area contributed by atoms with Crippen molar-refractivity contribution in [3.05, 3.63) is 59.1 Å². The zero-order valence-corrected chi connectivity index (χ0v) is 20.2. The largest absolute Gasteiger partial charge is 0.489 e. The number of para-hydroxylation sites is 1. The van der Waals surface area contributed by atoms with E-state index in [-0.39, 0.29) is 29.9 Å². The van der Waals surface area contributed by atoms with Gasteiger partial charge < -0.3 is 19.3 Å². The van der Waals surface area contributed by atoms with Gasteiger partial charge in [-0.2, -0.15) is 13.9 Å². The number of aliphatic carboxylic acids is 1. The highest BCUT2D eigenvalue weighted by atomic mass is 35.5. The molecule has 0 spiro atoms. The Labute approximate surface area is 206 Å². The fourth-order valence-corrected chi connectivity index (χ4v) is 3.46. The van der Waals surface area contributed by atoms with Gasteiger partial charge in [0.2, 0.25) is 11.5 Å². The molecule has 1 heterocycles. The molecule has 0 aliphatic carbocycles. The van der Waals surface area contributed by atoms with Crippen LogP contribution in [0.5, 0.6) is 17.4 Å². The fourth-order valence-electron chi connectivity index (χ4n) is 3.16. The van der Waals surface area contributed by atoms with E-state index in [1.807, 2.05) is 6.92 Å². The van der Waals surface area contributed by atoms with Crippen LogP contribution in [-0.4, -0.2) is 39.7 Å². The molecule has 0 radical (unpaired) electrons. The summed E-state index contributed by atoms with van der Waals surface area (Å²) in [5, 5.41) is 13.9. The van der Waals surface area contributed by atoms with Crippen LogP contribution in [0.3, 0.4) is 0 Å². The molecule has 1 unspecified atom stereocenters. The van der Waals surface area contributed by atoms with E-state index in [4.69, 9.17) is 21.1 Å². The molecule has 0 saturated carbocycles. The molecule has 7 nitrogen and oxygen atoms in total. The molecule has 0 amide bonds. The van der Waals surface area contributed by atoms with E-state index in [9.17, 15) is 18.7 Å². The number of aromatic nitrogens is 2. The lowest BCUT2D eigenvalue weighted by Gasteiger charge is -2.26. The van der Waals surface area contributed by atoms with Gasteiger partial charge in [-0.25, -0.2) is 9.48 Å². The topological polar surface area (TPSA) is 82.8 Å². The maximum atomic E-state index is 12.7. The third-order valence-electron chi connectivity index (χ3n) is 4.91. The molecule has 1 aromatic heterocycles. The second kappa shape index (κ2) is 11.4. The quantitative estimate of drug-likeness (QED) is 0.376. The van der Waals surface area contributed by atoms with Crippen molar-refractivity contribution >= 4 is 30.0 Å². The molecular formula is C23H24Cl2F2N2O5. The lowest BCUT2D eigenvalue weighted by atomic mass is 10.0. The van der Waals surface area contributed by atoms with E-state index in [2.05, 4.69) is 9.84 Å². The van der Waals surface area contributed by atoms with E-state index in [1.54, 1.807) is 48.5 Å². The number of hydrogen-bond donors (Lipinski definition) is 1. The van der Waals surface area contributed by atoms with Gasteiger partial charge in [0.05, 0.1) is 0 Å². The number of carbonyl (C=O) groups is 1. The van der Waals surface area contributed by atoms with Crippen molar-refractivity contribution in [2.24, 2.45) is 7.05 Å². The first kappa shape index (κ1) is 27.2. The molecule has 1 atom stereocenters. The maximum Gasteiger partial charge on any atom is 0.388 e. The number of rotatable bonds is 10. The third-order valence-corrected chi connectivity index (χ3v) is 5.25. The Kier molecular flexibility index (Phi) is 9.12. The Bertz CT molecular complexity index is 1130. The first-order valence-electron chi connectivity index (χ1n) is 10.1. The van der Waals surface area contributed by atoms with Gasteiger partial charge in [-0.3, -0.25) is 0 Å². The van der Waals surface area contributed by atoms with E-state index in [1.165, 1.54) is 14.0 Å². The summed E-state index contributed by atoms with van der Waals surface area (Å²) >= 11 is 6.26. The van der Waals surface area contributed by atoms with Crippen LogP contribution in [0, 0.1) is 0 Å². The Morgan fingerprint density at radius 2 is 1.88 bits per heavy atom. The van der Waals surface area contributed by atoms with Gasteiger partial charge in [-0.15, -0.1) is 12.4 Å². The number of nitrogens with zero attached hydrogens (tertiary/aromatic N) is 2. The molecule has 0 aliphatic heterocycles. The minimum absolute atomic E-state index is 0. The van der Waals surface area contributed by atoms with Gasteiger partial charge in [-0.1, -0.05) is 36.7 Å². The van der Waals surface area contributed by atoms with Crippen LogP contribution in [0.4, 0.5) is 8.78 Å². The van der Waals surface area contributed by atoms with Gasteiger partial charge in [0, 0.05) is 12.6 Å². The fraction of sp³-hybridized carbons (Fsp3) is 0.304. The minimum atomic E-state index is -3.03. The van der Waals surface area contributed by atoms with Crippen LogP contribution >= 0.6 is 24.0 Å². The zero-order chi connectivity index (χ0) is 24.2. The second-order valence-corrected chi connectivity index (χ2v) is 7.76. The van der Waals surface area contributed by atoms with Crippen LogP contribution in [0.25, 0.3) is 11.3 Å². The van der Waals surface area contributed by atoms with Crippen LogP contribution in [0.2, 0.25) is 5.02 Å². The Balaban J connectivity index is 0.00000408. The smallest absolute Gasteiger partial charge is 0.388 e. The van der Waals surface area contributed by atoms with Crippen molar-refractivity contribution in [2.75, 3.05) is 6.61 Å². The predicted molar refractivity (Wildman–Crippen MR) is 126 cm³/mol. The summed E-state index contributed by atoms with van der Waals surface area (Å²) in [6.45, 7) is 0.0379. The summed E-state index contributed by atoms with van der Waals surface area (Å²) < 4.78 is 42.4. The van der Waals surface area contributed by atoms with Crippen LogP contribution in [0.1, 0.15) is 19.4 Å². The zero-order valence-electron chi connectivity index (χ0n) is 18.6. The van der Waals surface area contributed by atoms with Crippen molar-refractivity contribution in [3.8, 4) is 28.6 Å². The first-order chi connectivity index (χ1) is 15.6. The van der Waals surface area contributed by atoms with Crippen molar-refractivity contribution in [3.63, 3.8) is 0 Å². The average molecular weight is 517 g/mol. The summed E-state index contributed by atoms with van der Waals surface area (Å²) in [4.78, 5) is 11.9. The standard InChI is InChI=1S/C23H23ClF2N2O5.ClH/c1-4-14-12-16(31-13-23(2,21(29)30)33-15-8-6-5-7-9-15)10-11-17(14)19-18(24)20(28(3)27-19)32-22(25)26;/h5-12,22H,4,13H2,1-3H3,(H,29,30);1H. The highest BCUT2D eigenvalue weighted by Crippen LogP contribution is 2.38. The number of hydrogen-bond acceptors (Lipinski definition) is 5. The third kappa shape index (κ3) is 6.09. The molecule has 34 heavy (non-hydrogen) atoms. The first-order valence-corrected chi connectivity index (χ1v) is 10.4. The molecule has 0 bridgehead atoms. The van der Waals surface area contributed by atoms with Gasteiger partial charge >= 0.3 is 12.6 Å². The van der Waals surface area contributed by atoms with Crippen LogP contribution in [-0.2, 0) is 18.3 Å². The van der Waals surface area contributed by atoms with Crippen LogP contribution < -0.4 is 14.2 Å². The lowest BCUT2D eigenvalue weighted by Crippen LogP contribution is -2.47. The number of benzene rings is 2. The van der Waals surface area contributed by atoms with Gasteiger partial charge in [0.15, 0.2) is 0 Å². The van der Waals surface area contributed by atoms with E-state index >= 15 is 0 Å². The number of halogens is 4. The molecule has 2 aromatic carbocycles. The molecule has 184 valence electrons. The lowest BCUT2D eigenvalue weighted by molar-refractivity contribution is -0.156. The molecule has 0 fully saturated rings. The van der Waals surface area contributed by atoms with Gasteiger partial charge in [0.1, 0.15) is 28.8 Å². The highest BCUT2D eigenvalue weighted by Gasteiger charge is 2.37. The molecular weight excluding hydrogens is 493 g/mol. The maximum absolute atomic E-state index is 12.7. The molecule has 1 N–H and O–H groups in total. The Morgan fingerprint density at radius 1 is 1.21 bits per heavy atom. The Morgan fingerprint density at radius 3 is 2.47 bits per heavy atom. The van der Waals surface area contributed by atoms with Gasteiger partial charge in [-0.05, 0) is 49.2 Å².